The van der Waals surface area contributed by atoms with E-state index in [-0.39, 0.29) is 11.8 Å². The number of amides is 2. The Kier molecular flexibility index (Phi) is 4.58. The third-order valence-corrected chi connectivity index (χ3v) is 4.78. The average Bonchev–Trinajstić information content (AvgIpc) is 2.51. The second-order valence-electron chi connectivity index (χ2n) is 5.04. The Balaban J connectivity index is 1.84. The summed E-state index contributed by atoms with van der Waals surface area (Å²) < 4.78 is 7.18. The minimum Gasteiger partial charge on any atom is -0.479 e. The lowest BCUT2D eigenvalue weighted by atomic mass is 10.2. The molecule has 0 saturated heterocycles. The first kappa shape index (κ1) is 16.3. The summed E-state index contributed by atoms with van der Waals surface area (Å²) in [7, 11) is 0. The molecule has 1 aliphatic heterocycles. The molecule has 23 heavy (non-hydrogen) atoms. The molecule has 0 radical (unpaired) electrons. The number of anilines is 2. The molecule has 2 aromatic rings. The van der Waals surface area contributed by atoms with Crippen molar-refractivity contribution < 1.29 is 14.3 Å². The van der Waals surface area contributed by atoms with Gasteiger partial charge >= 0.3 is 0 Å². The van der Waals surface area contributed by atoms with Gasteiger partial charge in [-0.25, -0.2) is 0 Å². The molecule has 1 atom stereocenters. The zero-order valence-electron chi connectivity index (χ0n) is 12.0. The van der Waals surface area contributed by atoms with E-state index in [1.54, 1.807) is 31.2 Å². The standard InChI is InChI=1S/C16H12BrIN2O3/c1-8-15(21)20-13-7-10(3-5-14(13)23-8)19-16(22)11-6-9(17)2-4-12(11)18/h2-8H,1H3,(H,19,22)(H,20,21). The maximum Gasteiger partial charge on any atom is 0.265 e. The predicted octanol–water partition coefficient (Wildman–Crippen LogP) is 4.03. The minimum absolute atomic E-state index is 0.206. The number of nitrogens with one attached hydrogen (secondary N) is 2. The quantitative estimate of drug-likeness (QED) is 0.630. The number of hydrogen-bond acceptors (Lipinski definition) is 3. The molecule has 2 N–H and O–H groups in total. The third-order valence-electron chi connectivity index (χ3n) is 3.34. The zero-order valence-corrected chi connectivity index (χ0v) is 15.8. The Morgan fingerprint density at radius 2 is 2.09 bits per heavy atom. The van der Waals surface area contributed by atoms with Gasteiger partial charge in [0.05, 0.1) is 11.3 Å². The summed E-state index contributed by atoms with van der Waals surface area (Å²) >= 11 is 5.48. The van der Waals surface area contributed by atoms with Crippen molar-refractivity contribution in [1.29, 1.82) is 0 Å². The van der Waals surface area contributed by atoms with Crippen LogP contribution in [0.15, 0.2) is 40.9 Å². The van der Waals surface area contributed by atoms with Crippen molar-refractivity contribution in [2.75, 3.05) is 10.6 Å². The van der Waals surface area contributed by atoms with Crippen LogP contribution < -0.4 is 15.4 Å². The first-order valence-corrected chi connectivity index (χ1v) is 8.69. The van der Waals surface area contributed by atoms with E-state index in [0.29, 0.717) is 22.7 Å². The maximum absolute atomic E-state index is 12.4. The van der Waals surface area contributed by atoms with Gasteiger partial charge in [-0.15, -0.1) is 0 Å². The number of rotatable bonds is 2. The van der Waals surface area contributed by atoms with Gasteiger partial charge in [0, 0.05) is 13.7 Å². The predicted molar refractivity (Wildman–Crippen MR) is 100.0 cm³/mol. The summed E-state index contributed by atoms with van der Waals surface area (Å²) in [5, 5.41) is 5.59. The highest BCUT2D eigenvalue weighted by molar-refractivity contribution is 14.1. The maximum atomic E-state index is 12.4. The molecule has 0 aliphatic carbocycles. The number of ether oxygens (including phenoxy) is 1. The van der Waals surface area contributed by atoms with Gasteiger partial charge in [0.25, 0.3) is 11.8 Å². The van der Waals surface area contributed by atoms with Gasteiger partial charge in [-0.05, 0) is 65.9 Å². The summed E-state index contributed by atoms with van der Waals surface area (Å²) in [5.74, 6) is 0.168. The Labute approximate surface area is 155 Å². The molecule has 1 aliphatic rings. The highest BCUT2D eigenvalue weighted by atomic mass is 127. The van der Waals surface area contributed by atoms with Gasteiger partial charge in [0.15, 0.2) is 6.10 Å². The number of carbonyl (C=O) groups is 2. The second kappa shape index (κ2) is 6.48. The summed E-state index contributed by atoms with van der Waals surface area (Å²) in [6, 6.07) is 10.7. The second-order valence-corrected chi connectivity index (χ2v) is 7.12. The van der Waals surface area contributed by atoms with Crippen LogP contribution in [0.1, 0.15) is 17.3 Å². The summed E-state index contributed by atoms with van der Waals surface area (Å²) in [6.45, 7) is 1.68. The lowest BCUT2D eigenvalue weighted by molar-refractivity contribution is -0.122. The third kappa shape index (κ3) is 3.50. The number of fused-ring (bicyclic) bond motifs is 1. The summed E-state index contributed by atoms with van der Waals surface area (Å²) in [4.78, 5) is 24.1. The van der Waals surface area contributed by atoms with Crippen molar-refractivity contribution in [3.05, 3.63) is 50.0 Å². The van der Waals surface area contributed by atoms with Gasteiger partial charge in [-0.3, -0.25) is 9.59 Å². The molecular weight excluding hydrogens is 475 g/mol. The van der Waals surface area contributed by atoms with E-state index in [0.717, 1.165) is 8.04 Å². The van der Waals surface area contributed by atoms with Crippen molar-refractivity contribution in [2.45, 2.75) is 13.0 Å². The first-order chi connectivity index (χ1) is 10.9. The van der Waals surface area contributed by atoms with Crippen LogP contribution in [0.2, 0.25) is 0 Å². The van der Waals surface area contributed by atoms with Crippen LogP contribution in [-0.2, 0) is 4.79 Å². The molecule has 5 nitrogen and oxygen atoms in total. The fraction of sp³-hybridized carbons (Fsp3) is 0.125. The van der Waals surface area contributed by atoms with Crippen molar-refractivity contribution >= 4 is 61.7 Å². The molecule has 3 rings (SSSR count). The first-order valence-electron chi connectivity index (χ1n) is 6.82. The Bertz CT molecular complexity index is 810. The summed E-state index contributed by atoms with van der Waals surface area (Å²) in [6.07, 6.45) is -0.522. The molecule has 118 valence electrons. The van der Waals surface area contributed by atoms with Gasteiger partial charge < -0.3 is 15.4 Å². The van der Waals surface area contributed by atoms with E-state index in [1.165, 1.54) is 0 Å². The number of halogens is 2. The molecule has 2 aromatic carbocycles. The van der Waals surface area contributed by atoms with Gasteiger partial charge in [0.2, 0.25) is 0 Å². The molecular formula is C16H12BrIN2O3. The van der Waals surface area contributed by atoms with Crippen molar-refractivity contribution in [2.24, 2.45) is 0 Å². The largest absolute Gasteiger partial charge is 0.479 e. The van der Waals surface area contributed by atoms with Crippen LogP contribution in [0.3, 0.4) is 0 Å². The number of carbonyl (C=O) groups excluding carboxylic acids is 2. The van der Waals surface area contributed by atoms with Crippen LogP contribution in [-0.4, -0.2) is 17.9 Å². The van der Waals surface area contributed by atoms with Crippen LogP contribution in [0, 0.1) is 3.57 Å². The lowest BCUT2D eigenvalue weighted by Crippen LogP contribution is -2.34. The Morgan fingerprint density at radius 1 is 1.30 bits per heavy atom. The van der Waals surface area contributed by atoms with Gasteiger partial charge in [0.1, 0.15) is 5.75 Å². The molecule has 0 saturated carbocycles. The Hall–Kier alpha value is -1.61. The van der Waals surface area contributed by atoms with Crippen LogP contribution in [0.25, 0.3) is 0 Å². The van der Waals surface area contributed by atoms with E-state index in [1.807, 2.05) is 12.1 Å². The fourth-order valence-corrected chi connectivity index (χ4v) is 3.10. The Morgan fingerprint density at radius 3 is 2.87 bits per heavy atom. The highest BCUT2D eigenvalue weighted by Crippen LogP contribution is 2.32. The van der Waals surface area contributed by atoms with E-state index >= 15 is 0 Å². The lowest BCUT2D eigenvalue weighted by Gasteiger charge is -2.23. The minimum atomic E-state index is -0.522. The SMILES string of the molecule is CC1Oc2ccc(NC(=O)c3cc(Br)ccc3I)cc2NC1=O. The topological polar surface area (TPSA) is 67.4 Å². The van der Waals surface area contributed by atoms with Crippen LogP contribution in [0.5, 0.6) is 5.75 Å². The molecule has 0 fully saturated rings. The van der Waals surface area contributed by atoms with E-state index in [4.69, 9.17) is 4.74 Å². The fourth-order valence-electron chi connectivity index (χ4n) is 2.16. The van der Waals surface area contributed by atoms with E-state index < -0.39 is 6.10 Å². The van der Waals surface area contributed by atoms with Crippen LogP contribution in [0.4, 0.5) is 11.4 Å². The molecule has 7 heteroatoms. The molecule has 0 bridgehead atoms. The van der Waals surface area contributed by atoms with Crippen molar-refractivity contribution in [3.63, 3.8) is 0 Å². The zero-order chi connectivity index (χ0) is 16.6. The monoisotopic (exact) mass is 486 g/mol. The summed E-state index contributed by atoms with van der Waals surface area (Å²) in [5.41, 5.74) is 1.71. The van der Waals surface area contributed by atoms with Gasteiger partial charge in [-0.1, -0.05) is 15.9 Å². The normalized spacial score (nSPS) is 16.1. The number of hydrogen-bond donors (Lipinski definition) is 2. The van der Waals surface area contributed by atoms with Gasteiger partial charge in [-0.2, -0.15) is 0 Å². The molecule has 0 spiro atoms. The van der Waals surface area contributed by atoms with Crippen molar-refractivity contribution in [1.82, 2.24) is 0 Å². The molecule has 2 amide bonds. The number of benzene rings is 2. The van der Waals surface area contributed by atoms with Crippen LogP contribution >= 0.6 is 38.5 Å². The van der Waals surface area contributed by atoms with E-state index in [2.05, 4.69) is 49.2 Å². The van der Waals surface area contributed by atoms with Crippen molar-refractivity contribution in [3.8, 4) is 5.75 Å². The smallest absolute Gasteiger partial charge is 0.265 e. The molecule has 0 aromatic heterocycles. The molecule has 1 heterocycles. The average molecular weight is 487 g/mol. The molecule has 1 unspecified atom stereocenters. The highest BCUT2D eigenvalue weighted by Gasteiger charge is 2.23. The van der Waals surface area contributed by atoms with E-state index in [9.17, 15) is 9.59 Å².